The number of primary amides is 1. The van der Waals surface area contributed by atoms with Gasteiger partial charge in [-0.25, -0.2) is 0 Å². The molecule has 7 N–H and O–H groups in total. The number of nitrogens with two attached hydrogens (primary N) is 1. The molecule has 1 aromatic rings. The van der Waals surface area contributed by atoms with Gasteiger partial charge in [-0.1, -0.05) is 19.3 Å². The number of carbonyl (C=O) groups excluding carboxylic acids is 3. The Morgan fingerprint density at radius 1 is 1.10 bits per heavy atom. The van der Waals surface area contributed by atoms with Crippen molar-refractivity contribution in [1.82, 2.24) is 10.2 Å². The van der Waals surface area contributed by atoms with E-state index in [2.05, 4.69) is 5.32 Å². The van der Waals surface area contributed by atoms with Crippen molar-refractivity contribution in [3.63, 3.8) is 0 Å². The predicted molar refractivity (Wildman–Crippen MR) is 156 cm³/mol. The molecule has 0 heterocycles. The lowest BCUT2D eigenvalue weighted by molar-refractivity contribution is -0.148. The maximum absolute atomic E-state index is 14.1. The molecular weight excluding hydrogens is 540 g/mol. The molecule has 1 fully saturated rings. The number of allylic oxidation sites excluding steroid dienone is 1. The third kappa shape index (κ3) is 4.58. The van der Waals surface area contributed by atoms with Crippen LogP contribution in [0.15, 0.2) is 28.7 Å². The van der Waals surface area contributed by atoms with Gasteiger partial charge in [-0.2, -0.15) is 0 Å². The monoisotopic (exact) mass is 582 g/mol. The van der Waals surface area contributed by atoms with E-state index in [0.29, 0.717) is 23.6 Å². The number of anilines is 1. The first-order valence-electron chi connectivity index (χ1n) is 14.7. The molecule has 11 nitrogen and oxygen atoms in total. The molecule has 42 heavy (non-hydrogen) atoms. The molecule has 1 saturated carbocycles. The van der Waals surface area contributed by atoms with Crippen LogP contribution in [0.1, 0.15) is 60.0 Å². The number of Topliss-reactive ketones (excluding diaryl/α,β-unsaturated/α-hetero) is 2. The number of likely N-dealkylation sites (N-methyl/N-ethyl adjacent to an activating group) is 1. The van der Waals surface area contributed by atoms with E-state index in [1.165, 1.54) is 32.1 Å². The molecule has 4 aliphatic rings. The first-order valence-corrected chi connectivity index (χ1v) is 14.7. The molecule has 0 aromatic heterocycles. The summed E-state index contributed by atoms with van der Waals surface area (Å²) in [5.41, 5.74) is 3.75. The van der Waals surface area contributed by atoms with Crippen molar-refractivity contribution in [1.29, 1.82) is 0 Å². The number of aliphatic hydroxyl groups excluding tert-OH is 2. The molecule has 4 atom stereocenters. The van der Waals surface area contributed by atoms with Gasteiger partial charge in [0.15, 0.2) is 11.4 Å². The number of benzene rings is 1. The summed E-state index contributed by atoms with van der Waals surface area (Å²) in [6.07, 6.45) is 6.35. The van der Waals surface area contributed by atoms with Crippen molar-refractivity contribution < 1.29 is 34.8 Å². The first kappa shape index (κ1) is 30.1. The lowest BCUT2D eigenvalue weighted by Crippen LogP contribution is -2.63. The molecule has 0 spiro atoms. The van der Waals surface area contributed by atoms with Crippen LogP contribution in [0.2, 0.25) is 0 Å². The lowest BCUT2D eigenvalue weighted by atomic mass is 9.58. The normalized spacial score (nSPS) is 28.1. The smallest absolute Gasteiger partial charge is 0.255 e. The number of amides is 1. The van der Waals surface area contributed by atoms with Gasteiger partial charge in [-0.3, -0.25) is 19.3 Å². The number of phenols is 1. The average molecular weight is 583 g/mol. The van der Waals surface area contributed by atoms with Gasteiger partial charge in [0.2, 0.25) is 5.78 Å². The van der Waals surface area contributed by atoms with Crippen LogP contribution in [0.3, 0.4) is 0 Å². The summed E-state index contributed by atoms with van der Waals surface area (Å²) in [5.74, 6) is -5.86. The highest BCUT2D eigenvalue weighted by Crippen LogP contribution is 2.53. The molecule has 1 aromatic carbocycles. The van der Waals surface area contributed by atoms with Crippen molar-refractivity contribution in [2.24, 2.45) is 23.5 Å². The molecule has 228 valence electrons. The third-order valence-corrected chi connectivity index (χ3v) is 9.73. The summed E-state index contributed by atoms with van der Waals surface area (Å²) in [7, 11) is 6.93. The molecule has 0 bridgehead atoms. The van der Waals surface area contributed by atoms with Crippen LogP contribution in [-0.2, 0) is 22.6 Å². The number of aliphatic hydroxyl groups is 3. The second-order valence-corrected chi connectivity index (χ2v) is 12.7. The van der Waals surface area contributed by atoms with Gasteiger partial charge in [0.25, 0.3) is 5.91 Å². The lowest BCUT2D eigenvalue weighted by Gasteiger charge is -2.50. The number of carbonyl (C=O) groups is 3. The summed E-state index contributed by atoms with van der Waals surface area (Å²) in [4.78, 5) is 43.3. The van der Waals surface area contributed by atoms with Crippen LogP contribution in [0.4, 0.5) is 5.69 Å². The first-order chi connectivity index (χ1) is 19.8. The van der Waals surface area contributed by atoms with Gasteiger partial charge in [-0.15, -0.1) is 0 Å². The maximum Gasteiger partial charge on any atom is 0.255 e. The standard InChI is InChI=1S/C31H42N4O7/c1-34(2)20-12-17(14-33-13-15-8-6-5-7-9-15)25(36)22-18(20)10-16-11-19-24(35(3)4)27(38)23(30(32)41)29(40)31(19,42)28(39)21(16)26(22)37/h12,15-16,19,24,33,36,38-39,42H,5-11,13-14H2,1-4H3,(H2,32,41)/t16-,19-,24-,31-/m1/s1. The Labute approximate surface area is 245 Å². The van der Waals surface area contributed by atoms with E-state index in [0.717, 1.165) is 12.2 Å². The molecule has 0 aliphatic heterocycles. The predicted octanol–water partition coefficient (Wildman–Crippen LogP) is 1.86. The summed E-state index contributed by atoms with van der Waals surface area (Å²) in [6.45, 7) is 1.15. The van der Waals surface area contributed by atoms with Gasteiger partial charge in [-0.05, 0) is 69.8 Å². The minimum Gasteiger partial charge on any atom is -0.510 e. The average Bonchev–Trinajstić information content (AvgIpc) is 2.92. The van der Waals surface area contributed by atoms with Crippen molar-refractivity contribution in [2.45, 2.75) is 63.1 Å². The minimum absolute atomic E-state index is 0.0384. The highest BCUT2D eigenvalue weighted by molar-refractivity contribution is 6.24. The maximum atomic E-state index is 14.1. The zero-order valence-corrected chi connectivity index (χ0v) is 24.7. The number of nitrogens with zero attached hydrogens (tertiary/aromatic N) is 2. The van der Waals surface area contributed by atoms with Gasteiger partial charge < -0.3 is 36.4 Å². The number of ketones is 2. The minimum atomic E-state index is -2.65. The Kier molecular flexibility index (Phi) is 7.88. The summed E-state index contributed by atoms with van der Waals surface area (Å²) < 4.78 is 0. The topological polar surface area (TPSA) is 177 Å². The van der Waals surface area contributed by atoms with E-state index >= 15 is 0 Å². The fourth-order valence-corrected chi connectivity index (χ4v) is 7.69. The van der Waals surface area contributed by atoms with Crippen molar-refractivity contribution in [2.75, 3.05) is 39.6 Å². The number of aromatic hydroxyl groups is 1. The van der Waals surface area contributed by atoms with Crippen LogP contribution < -0.4 is 16.0 Å². The van der Waals surface area contributed by atoms with Crippen LogP contribution in [-0.4, -0.2) is 89.2 Å². The second-order valence-electron chi connectivity index (χ2n) is 12.7. The van der Waals surface area contributed by atoms with Crippen molar-refractivity contribution in [3.8, 4) is 5.75 Å². The Balaban J connectivity index is 1.58. The molecular formula is C31H42N4O7. The number of nitrogens with one attached hydrogen (secondary N) is 1. The van der Waals surface area contributed by atoms with Crippen LogP contribution in [0.25, 0.3) is 0 Å². The molecule has 11 heteroatoms. The Morgan fingerprint density at radius 2 is 1.76 bits per heavy atom. The van der Waals surface area contributed by atoms with E-state index in [4.69, 9.17) is 5.73 Å². The summed E-state index contributed by atoms with van der Waals surface area (Å²) in [5, 5.41) is 49.1. The van der Waals surface area contributed by atoms with E-state index in [1.807, 2.05) is 25.1 Å². The number of hydrogen-bond donors (Lipinski definition) is 6. The highest BCUT2D eigenvalue weighted by atomic mass is 16.3. The van der Waals surface area contributed by atoms with E-state index in [-0.39, 0.29) is 29.7 Å². The Bertz CT molecular complexity index is 1390. The SMILES string of the molecule is CN(C)c1cc(CNCC2CCCCC2)c(O)c2c1C[C@@H]1C[C@@H]3[C@@H](N(C)C)C(O)=C(C(N)=O)C(=O)[C@]3(O)C(O)=C1C2=O. The van der Waals surface area contributed by atoms with Crippen LogP contribution in [0, 0.1) is 17.8 Å². The highest BCUT2D eigenvalue weighted by Gasteiger charge is 2.63. The third-order valence-electron chi connectivity index (χ3n) is 9.73. The van der Waals surface area contributed by atoms with Gasteiger partial charge in [0.1, 0.15) is 22.8 Å². The number of hydrogen-bond acceptors (Lipinski definition) is 10. The fourth-order valence-electron chi connectivity index (χ4n) is 7.69. The quantitative estimate of drug-likeness (QED) is 0.260. The zero-order valence-electron chi connectivity index (χ0n) is 24.7. The number of phenolic OH excluding ortho intramolecular Hbond substituents is 1. The van der Waals surface area contributed by atoms with Crippen LogP contribution >= 0.6 is 0 Å². The van der Waals surface area contributed by atoms with Gasteiger partial charge in [0, 0.05) is 43.4 Å². The van der Waals surface area contributed by atoms with Gasteiger partial charge >= 0.3 is 0 Å². The van der Waals surface area contributed by atoms with Crippen molar-refractivity contribution in [3.05, 3.63) is 45.4 Å². The van der Waals surface area contributed by atoms with Gasteiger partial charge in [0.05, 0.1) is 11.6 Å². The van der Waals surface area contributed by atoms with Crippen molar-refractivity contribution >= 4 is 23.2 Å². The summed E-state index contributed by atoms with van der Waals surface area (Å²) in [6, 6.07) is 0.860. The molecule has 4 aliphatic carbocycles. The number of rotatable bonds is 7. The Morgan fingerprint density at radius 3 is 2.36 bits per heavy atom. The Hall–Kier alpha value is -3.41. The fraction of sp³-hybridized carbons (Fsp3) is 0.581. The largest absolute Gasteiger partial charge is 0.510 e. The van der Waals surface area contributed by atoms with E-state index in [9.17, 15) is 34.8 Å². The molecule has 1 amide bonds. The molecule has 0 unspecified atom stereocenters. The van der Waals surface area contributed by atoms with E-state index in [1.54, 1.807) is 19.0 Å². The molecule has 0 radical (unpaired) electrons. The van der Waals surface area contributed by atoms with E-state index < -0.39 is 58.0 Å². The van der Waals surface area contributed by atoms with Crippen LogP contribution in [0.5, 0.6) is 5.75 Å². The summed E-state index contributed by atoms with van der Waals surface area (Å²) >= 11 is 0. The zero-order chi connectivity index (χ0) is 30.7. The molecule has 0 saturated heterocycles. The molecule has 5 rings (SSSR count). The second kappa shape index (κ2) is 11.0. The number of fused-ring (bicyclic) bond motifs is 3.